The Labute approximate surface area is 86.1 Å². The molecule has 1 heterocycles. The molecule has 4 nitrogen and oxygen atoms in total. The van der Waals surface area contributed by atoms with Gasteiger partial charge in [0.05, 0.1) is 19.8 Å². The summed E-state index contributed by atoms with van der Waals surface area (Å²) in [6, 6.07) is 0. The Kier molecular flexibility index (Phi) is 6.95. The fraction of sp³-hybridized carbons (Fsp3) is 1.00. The molecule has 0 aromatic heterocycles. The minimum Gasteiger partial charge on any atom is -0.385 e. The smallest absolute Gasteiger partial charge is 0.0594 e. The summed E-state index contributed by atoms with van der Waals surface area (Å²) in [7, 11) is 1.72. The molecule has 0 atom stereocenters. The lowest BCUT2D eigenvalue weighted by Gasteiger charge is -2.26. The van der Waals surface area contributed by atoms with Crippen LogP contribution in [0.1, 0.15) is 6.42 Å². The average molecular weight is 203 g/mol. The molecule has 1 aliphatic rings. The summed E-state index contributed by atoms with van der Waals surface area (Å²) in [6.07, 6.45) is 0.986. The van der Waals surface area contributed by atoms with E-state index >= 15 is 0 Å². The molecule has 4 heteroatoms. The van der Waals surface area contributed by atoms with Crippen molar-refractivity contribution < 1.29 is 14.2 Å². The van der Waals surface area contributed by atoms with Crippen LogP contribution >= 0.6 is 0 Å². The zero-order chi connectivity index (χ0) is 10.1. The summed E-state index contributed by atoms with van der Waals surface area (Å²) in [6.45, 7) is 7.26. The summed E-state index contributed by atoms with van der Waals surface area (Å²) in [5.41, 5.74) is 0. The van der Waals surface area contributed by atoms with Crippen molar-refractivity contribution in [3.8, 4) is 0 Å². The van der Waals surface area contributed by atoms with Gasteiger partial charge in [-0.25, -0.2) is 0 Å². The van der Waals surface area contributed by atoms with Crippen molar-refractivity contribution in [1.82, 2.24) is 4.90 Å². The Morgan fingerprint density at radius 2 is 1.93 bits per heavy atom. The van der Waals surface area contributed by atoms with E-state index in [1.807, 2.05) is 0 Å². The minimum absolute atomic E-state index is 0.789. The summed E-state index contributed by atoms with van der Waals surface area (Å²) in [4.78, 5) is 2.37. The van der Waals surface area contributed by atoms with Crippen molar-refractivity contribution in [3.05, 3.63) is 0 Å². The van der Waals surface area contributed by atoms with Gasteiger partial charge in [0.25, 0.3) is 0 Å². The highest BCUT2D eigenvalue weighted by Gasteiger charge is 2.08. The second-order valence-electron chi connectivity index (χ2n) is 3.41. The van der Waals surface area contributed by atoms with Gasteiger partial charge in [-0.05, 0) is 6.42 Å². The Morgan fingerprint density at radius 3 is 2.64 bits per heavy atom. The van der Waals surface area contributed by atoms with Gasteiger partial charge in [0.15, 0.2) is 0 Å². The Bertz CT molecular complexity index is 127. The second kappa shape index (κ2) is 8.17. The number of nitrogens with zero attached hydrogens (tertiary/aromatic N) is 1. The first kappa shape index (κ1) is 11.9. The van der Waals surface area contributed by atoms with Gasteiger partial charge in [-0.3, -0.25) is 4.90 Å². The standard InChI is InChI=1S/C10H21NO3/c1-12-6-2-7-13-8-3-11-4-9-14-10-5-11/h2-10H2,1H3. The number of ether oxygens (including phenoxy) is 3. The van der Waals surface area contributed by atoms with Crippen molar-refractivity contribution in [3.63, 3.8) is 0 Å². The van der Waals surface area contributed by atoms with Gasteiger partial charge >= 0.3 is 0 Å². The summed E-state index contributed by atoms with van der Waals surface area (Å²) < 4.78 is 15.7. The van der Waals surface area contributed by atoms with Crippen molar-refractivity contribution >= 4 is 0 Å². The van der Waals surface area contributed by atoms with Crippen molar-refractivity contribution in [1.29, 1.82) is 0 Å². The molecular weight excluding hydrogens is 182 g/mol. The number of hydrogen-bond donors (Lipinski definition) is 0. The molecular formula is C10H21NO3. The molecule has 0 radical (unpaired) electrons. The molecule has 0 aromatic carbocycles. The van der Waals surface area contributed by atoms with Gasteiger partial charge in [0.2, 0.25) is 0 Å². The topological polar surface area (TPSA) is 30.9 Å². The Hall–Kier alpha value is -0.160. The highest BCUT2D eigenvalue weighted by atomic mass is 16.5. The first-order valence-electron chi connectivity index (χ1n) is 5.30. The van der Waals surface area contributed by atoms with Crippen LogP contribution in [0.5, 0.6) is 0 Å². The summed E-state index contributed by atoms with van der Waals surface area (Å²) in [5.74, 6) is 0. The lowest BCUT2D eigenvalue weighted by atomic mass is 10.4. The second-order valence-corrected chi connectivity index (χ2v) is 3.41. The molecule has 0 spiro atoms. The van der Waals surface area contributed by atoms with Crippen molar-refractivity contribution in [2.45, 2.75) is 6.42 Å². The maximum Gasteiger partial charge on any atom is 0.0594 e. The monoisotopic (exact) mass is 203 g/mol. The van der Waals surface area contributed by atoms with Gasteiger partial charge < -0.3 is 14.2 Å². The Morgan fingerprint density at radius 1 is 1.14 bits per heavy atom. The van der Waals surface area contributed by atoms with Gasteiger partial charge in [-0.1, -0.05) is 0 Å². The molecule has 0 N–H and O–H groups in total. The van der Waals surface area contributed by atoms with Crippen molar-refractivity contribution in [2.75, 3.05) is 59.8 Å². The van der Waals surface area contributed by atoms with Crippen LogP contribution in [-0.2, 0) is 14.2 Å². The molecule has 1 saturated heterocycles. The highest BCUT2D eigenvalue weighted by Crippen LogP contribution is 1.96. The van der Waals surface area contributed by atoms with Gasteiger partial charge in [-0.15, -0.1) is 0 Å². The molecule has 84 valence electrons. The predicted molar refractivity (Wildman–Crippen MR) is 54.6 cm³/mol. The van der Waals surface area contributed by atoms with Crippen LogP contribution in [0.2, 0.25) is 0 Å². The maximum absolute atomic E-state index is 5.48. The van der Waals surface area contributed by atoms with Gasteiger partial charge in [-0.2, -0.15) is 0 Å². The van der Waals surface area contributed by atoms with E-state index in [4.69, 9.17) is 14.2 Å². The zero-order valence-corrected chi connectivity index (χ0v) is 9.04. The third-order valence-corrected chi connectivity index (χ3v) is 2.29. The highest BCUT2D eigenvalue weighted by molar-refractivity contribution is 4.60. The van der Waals surface area contributed by atoms with Crippen LogP contribution in [0.15, 0.2) is 0 Å². The summed E-state index contributed by atoms with van der Waals surface area (Å²) in [5, 5.41) is 0. The average Bonchev–Trinajstić information content (AvgIpc) is 2.25. The van der Waals surface area contributed by atoms with Gasteiger partial charge in [0.1, 0.15) is 0 Å². The normalized spacial score (nSPS) is 18.6. The molecule has 0 unspecified atom stereocenters. The molecule has 0 saturated carbocycles. The molecule has 0 bridgehead atoms. The lowest BCUT2D eigenvalue weighted by Crippen LogP contribution is -2.38. The SMILES string of the molecule is COCCCOCCN1CCOCC1. The molecule has 0 aliphatic carbocycles. The number of rotatable bonds is 7. The zero-order valence-electron chi connectivity index (χ0n) is 9.04. The molecule has 0 amide bonds. The van der Waals surface area contributed by atoms with Crippen LogP contribution in [0.4, 0.5) is 0 Å². The van der Waals surface area contributed by atoms with E-state index in [0.29, 0.717) is 0 Å². The van der Waals surface area contributed by atoms with E-state index in [0.717, 1.165) is 59.1 Å². The number of hydrogen-bond acceptors (Lipinski definition) is 4. The van der Waals surface area contributed by atoms with E-state index in [1.165, 1.54) is 0 Å². The third-order valence-electron chi connectivity index (χ3n) is 2.29. The first-order valence-corrected chi connectivity index (χ1v) is 5.30. The van der Waals surface area contributed by atoms with E-state index < -0.39 is 0 Å². The molecule has 1 aliphatic heterocycles. The fourth-order valence-electron chi connectivity index (χ4n) is 1.43. The van der Waals surface area contributed by atoms with Crippen molar-refractivity contribution in [2.24, 2.45) is 0 Å². The quantitative estimate of drug-likeness (QED) is 0.559. The van der Waals surface area contributed by atoms with E-state index in [9.17, 15) is 0 Å². The van der Waals surface area contributed by atoms with Crippen LogP contribution in [-0.4, -0.2) is 64.7 Å². The molecule has 1 rings (SSSR count). The molecule has 14 heavy (non-hydrogen) atoms. The summed E-state index contributed by atoms with van der Waals surface area (Å²) >= 11 is 0. The number of morpholine rings is 1. The number of methoxy groups -OCH3 is 1. The van der Waals surface area contributed by atoms with Crippen LogP contribution in [0.3, 0.4) is 0 Å². The van der Waals surface area contributed by atoms with E-state index in [1.54, 1.807) is 7.11 Å². The van der Waals surface area contributed by atoms with Crippen LogP contribution in [0, 0.1) is 0 Å². The maximum atomic E-state index is 5.48. The first-order chi connectivity index (χ1) is 6.93. The van der Waals surface area contributed by atoms with Crippen LogP contribution in [0.25, 0.3) is 0 Å². The minimum atomic E-state index is 0.789. The largest absolute Gasteiger partial charge is 0.385 e. The fourth-order valence-corrected chi connectivity index (χ4v) is 1.43. The van der Waals surface area contributed by atoms with E-state index in [2.05, 4.69) is 4.90 Å². The van der Waals surface area contributed by atoms with Crippen LogP contribution < -0.4 is 0 Å². The molecule has 0 aromatic rings. The third kappa shape index (κ3) is 5.54. The predicted octanol–water partition coefficient (Wildman–Crippen LogP) is 0.372. The van der Waals surface area contributed by atoms with Gasteiger partial charge in [0, 0.05) is 40.0 Å². The lowest BCUT2D eigenvalue weighted by molar-refractivity contribution is 0.0183. The Balaban J connectivity index is 1.82. The molecule has 1 fully saturated rings. The van der Waals surface area contributed by atoms with E-state index in [-0.39, 0.29) is 0 Å².